The minimum atomic E-state index is -0.214. The summed E-state index contributed by atoms with van der Waals surface area (Å²) in [6.45, 7) is 1.11. The van der Waals surface area contributed by atoms with Gasteiger partial charge in [-0.05, 0) is 49.2 Å². The van der Waals surface area contributed by atoms with Gasteiger partial charge in [-0.1, -0.05) is 0 Å². The topological polar surface area (TPSA) is 40.7 Å². The number of halogens is 1. The van der Waals surface area contributed by atoms with E-state index in [0.717, 1.165) is 30.0 Å². The molecule has 0 amide bonds. The normalized spacial score (nSPS) is 19.3. The molecule has 1 saturated heterocycles. The maximum absolute atomic E-state index is 12.8. The lowest BCUT2D eigenvalue weighted by molar-refractivity contribution is 0.589. The summed E-state index contributed by atoms with van der Waals surface area (Å²) in [6.07, 6.45) is 5.21. The molecular formula is C14H16FN3. The maximum Gasteiger partial charge on any atom is 0.123 e. The van der Waals surface area contributed by atoms with Crippen molar-refractivity contribution in [1.29, 1.82) is 0 Å². The number of rotatable bonds is 3. The molecule has 18 heavy (non-hydrogen) atoms. The number of nitrogens with zero attached hydrogens (tertiary/aromatic N) is 1. The standard InChI is InChI=1S/C14H16FN3/c15-11-5-3-10(4-6-11)13-9-17-14(18-13)8-12-2-1-7-16-12/h3-6,9,12,16H,1-2,7-8H2,(H,17,18). The number of benzene rings is 1. The minimum absolute atomic E-state index is 0.214. The number of aromatic amines is 1. The van der Waals surface area contributed by atoms with Gasteiger partial charge in [0.2, 0.25) is 0 Å². The predicted octanol–water partition coefficient (Wildman–Crippen LogP) is 2.51. The van der Waals surface area contributed by atoms with Crippen LogP contribution in [-0.2, 0) is 6.42 Å². The summed E-state index contributed by atoms with van der Waals surface area (Å²) in [7, 11) is 0. The Balaban J connectivity index is 1.74. The smallest absolute Gasteiger partial charge is 0.123 e. The summed E-state index contributed by atoms with van der Waals surface area (Å²) < 4.78 is 12.8. The van der Waals surface area contributed by atoms with Crippen molar-refractivity contribution in [3.8, 4) is 11.3 Å². The number of hydrogen-bond donors (Lipinski definition) is 2. The molecule has 0 aliphatic carbocycles. The van der Waals surface area contributed by atoms with Crippen LogP contribution < -0.4 is 5.32 Å². The molecule has 3 nitrogen and oxygen atoms in total. The second kappa shape index (κ2) is 4.90. The quantitative estimate of drug-likeness (QED) is 0.872. The van der Waals surface area contributed by atoms with Crippen molar-refractivity contribution in [2.75, 3.05) is 6.54 Å². The Morgan fingerprint density at radius 2 is 2.11 bits per heavy atom. The highest BCUT2D eigenvalue weighted by atomic mass is 19.1. The predicted molar refractivity (Wildman–Crippen MR) is 68.7 cm³/mol. The summed E-state index contributed by atoms with van der Waals surface area (Å²) in [5, 5.41) is 3.45. The average Bonchev–Trinajstić information content (AvgIpc) is 3.02. The van der Waals surface area contributed by atoms with Crippen LogP contribution >= 0.6 is 0 Å². The van der Waals surface area contributed by atoms with E-state index in [1.165, 1.54) is 25.0 Å². The highest BCUT2D eigenvalue weighted by Gasteiger charge is 2.16. The van der Waals surface area contributed by atoms with Crippen LogP contribution in [-0.4, -0.2) is 22.6 Å². The molecule has 0 spiro atoms. The van der Waals surface area contributed by atoms with E-state index < -0.39 is 0 Å². The van der Waals surface area contributed by atoms with Gasteiger partial charge in [0.1, 0.15) is 11.6 Å². The summed E-state index contributed by atoms with van der Waals surface area (Å²) in [5.41, 5.74) is 1.91. The van der Waals surface area contributed by atoms with Crippen molar-refractivity contribution in [3.63, 3.8) is 0 Å². The largest absolute Gasteiger partial charge is 0.342 e. The van der Waals surface area contributed by atoms with E-state index in [0.29, 0.717) is 6.04 Å². The van der Waals surface area contributed by atoms with E-state index in [-0.39, 0.29) is 5.82 Å². The van der Waals surface area contributed by atoms with Gasteiger partial charge in [0, 0.05) is 12.5 Å². The molecule has 94 valence electrons. The molecule has 1 aromatic heterocycles. The summed E-state index contributed by atoms with van der Waals surface area (Å²) >= 11 is 0. The number of aromatic nitrogens is 2. The van der Waals surface area contributed by atoms with Crippen molar-refractivity contribution in [3.05, 3.63) is 42.1 Å². The van der Waals surface area contributed by atoms with E-state index in [4.69, 9.17) is 0 Å². The second-order valence-electron chi connectivity index (χ2n) is 4.75. The molecule has 1 atom stereocenters. The van der Waals surface area contributed by atoms with Crippen LogP contribution in [0.5, 0.6) is 0 Å². The molecule has 2 aromatic rings. The third kappa shape index (κ3) is 2.43. The van der Waals surface area contributed by atoms with Crippen LogP contribution in [0.25, 0.3) is 11.3 Å². The molecule has 4 heteroatoms. The van der Waals surface area contributed by atoms with Crippen LogP contribution in [0.15, 0.2) is 30.5 Å². The molecular weight excluding hydrogens is 229 g/mol. The van der Waals surface area contributed by atoms with Gasteiger partial charge in [0.25, 0.3) is 0 Å². The fourth-order valence-electron chi connectivity index (χ4n) is 2.41. The first kappa shape index (κ1) is 11.4. The number of hydrogen-bond acceptors (Lipinski definition) is 2. The van der Waals surface area contributed by atoms with Gasteiger partial charge in [-0.3, -0.25) is 0 Å². The van der Waals surface area contributed by atoms with Crippen molar-refractivity contribution in [2.24, 2.45) is 0 Å². The lowest BCUT2D eigenvalue weighted by Crippen LogP contribution is -2.24. The molecule has 1 fully saturated rings. The molecule has 1 aromatic carbocycles. The highest BCUT2D eigenvalue weighted by molar-refractivity contribution is 5.58. The monoisotopic (exact) mass is 245 g/mol. The fraction of sp³-hybridized carbons (Fsp3) is 0.357. The third-order valence-corrected chi connectivity index (χ3v) is 3.39. The Kier molecular flexibility index (Phi) is 3.11. The van der Waals surface area contributed by atoms with Gasteiger partial charge >= 0.3 is 0 Å². The minimum Gasteiger partial charge on any atom is -0.342 e. The fourth-order valence-corrected chi connectivity index (χ4v) is 2.41. The van der Waals surface area contributed by atoms with Crippen molar-refractivity contribution in [2.45, 2.75) is 25.3 Å². The number of imidazole rings is 1. The molecule has 3 rings (SSSR count). The summed E-state index contributed by atoms with van der Waals surface area (Å²) in [6, 6.07) is 7.00. The molecule has 1 aliphatic heterocycles. The molecule has 0 saturated carbocycles. The zero-order valence-corrected chi connectivity index (χ0v) is 10.1. The lowest BCUT2D eigenvalue weighted by Gasteiger charge is -2.06. The van der Waals surface area contributed by atoms with Gasteiger partial charge in [0.05, 0.1) is 11.9 Å². The first-order chi connectivity index (χ1) is 8.81. The number of nitrogens with one attached hydrogen (secondary N) is 2. The van der Waals surface area contributed by atoms with Gasteiger partial charge in [0.15, 0.2) is 0 Å². The van der Waals surface area contributed by atoms with E-state index in [1.54, 1.807) is 12.1 Å². The summed E-state index contributed by atoms with van der Waals surface area (Å²) in [4.78, 5) is 7.69. The van der Waals surface area contributed by atoms with Crippen LogP contribution in [0.4, 0.5) is 4.39 Å². The molecule has 1 unspecified atom stereocenters. The Labute approximate surface area is 105 Å². The Hall–Kier alpha value is -1.68. The van der Waals surface area contributed by atoms with Crippen LogP contribution in [0.2, 0.25) is 0 Å². The molecule has 1 aliphatic rings. The van der Waals surface area contributed by atoms with Crippen LogP contribution in [0, 0.1) is 5.82 Å². The van der Waals surface area contributed by atoms with E-state index in [9.17, 15) is 4.39 Å². The van der Waals surface area contributed by atoms with E-state index in [1.807, 2.05) is 6.20 Å². The zero-order chi connectivity index (χ0) is 12.4. The lowest BCUT2D eigenvalue weighted by atomic mass is 10.1. The maximum atomic E-state index is 12.8. The third-order valence-electron chi connectivity index (χ3n) is 3.39. The van der Waals surface area contributed by atoms with Gasteiger partial charge in [-0.2, -0.15) is 0 Å². The first-order valence-corrected chi connectivity index (χ1v) is 6.34. The van der Waals surface area contributed by atoms with Crippen LogP contribution in [0.1, 0.15) is 18.7 Å². The van der Waals surface area contributed by atoms with Crippen molar-refractivity contribution in [1.82, 2.24) is 15.3 Å². The Morgan fingerprint density at radius 3 is 2.83 bits per heavy atom. The zero-order valence-electron chi connectivity index (χ0n) is 10.1. The van der Waals surface area contributed by atoms with Gasteiger partial charge < -0.3 is 10.3 Å². The molecule has 0 radical (unpaired) electrons. The van der Waals surface area contributed by atoms with E-state index >= 15 is 0 Å². The molecule has 2 N–H and O–H groups in total. The highest BCUT2D eigenvalue weighted by Crippen LogP contribution is 2.18. The summed E-state index contributed by atoms with van der Waals surface area (Å²) in [5.74, 6) is 0.780. The molecule has 2 heterocycles. The van der Waals surface area contributed by atoms with Gasteiger partial charge in [-0.25, -0.2) is 9.37 Å². The van der Waals surface area contributed by atoms with Crippen molar-refractivity contribution >= 4 is 0 Å². The van der Waals surface area contributed by atoms with Crippen molar-refractivity contribution < 1.29 is 4.39 Å². The van der Waals surface area contributed by atoms with E-state index in [2.05, 4.69) is 15.3 Å². The SMILES string of the molecule is Fc1ccc(-c2cnc(CC3CCCN3)[nH]2)cc1. The second-order valence-corrected chi connectivity index (χ2v) is 4.75. The van der Waals surface area contributed by atoms with Gasteiger partial charge in [-0.15, -0.1) is 0 Å². The average molecular weight is 245 g/mol. The number of H-pyrrole nitrogens is 1. The molecule has 0 bridgehead atoms. The Bertz CT molecular complexity index is 512. The Morgan fingerprint density at radius 1 is 1.28 bits per heavy atom. The van der Waals surface area contributed by atoms with Crippen LogP contribution in [0.3, 0.4) is 0 Å². The first-order valence-electron chi connectivity index (χ1n) is 6.34.